The Morgan fingerprint density at radius 1 is 1.18 bits per heavy atom. The molecular formula is C16H17N3O3. The third kappa shape index (κ3) is 2.67. The Morgan fingerprint density at radius 3 is 2.82 bits per heavy atom. The number of aromatic nitrogens is 2. The van der Waals surface area contributed by atoms with Crippen LogP contribution in [0.4, 0.5) is 5.95 Å². The topological polar surface area (TPSA) is 69.4 Å². The quantitative estimate of drug-likeness (QED) is 0.778. The first-order valence-corrected chi connectivity index (χ1v) is 6.91. The van der Waals surface area contributed by atoms with Crippen LogP contribution < -0.4 is 14.8 Å². The van der Waals surface area contributed by atoms with E-state index in [1.54, 1.807) is 26.5 Å². The fourth-order valence-corrected chi connectivity index (χ4v) is 2.22. The first kappa shape index (κ1) is 14.2. The second-order valence-corrected chi connectivity index (χ2v) is 4.82. The highest BCUT2D eigenvalue weighted by Crippen LogP contribution is 2.31. The highest BCUT2D eigenvalue weighted by molar-refractivity contribution is 5.83. The number of nitrogens with zero attached hydrogens (tertiary/aromatic N) is 2. The lowest BCUT2D eigenvalue weighted by Crippen LogP contribution is -2.08. The third-order valence-corrected chi connectivity index (χ3v) is 3.36. The van der Waals surface area contributed by atoms with Gasteiger partial charge in [0.15, 0.2) is 11.3 Å². The summed E-state index contributed by atoms with van der Waals surface area (Å²) in [6.07, 6.45) is 1.64. The maximum atomic E-state index is 5.91. The van der Waals surface area contributed by atoms with Crippen molar-refractivity contribution in [3.8, 4) is 11.6 Å². The fraction of sp³-hybridized carbons (Fsp3) is 0.250. The van der Waals surface area contributed by atoms with Crippen LogP contribution in [0.1, 0.15) is 18.7 Å². The molecule has 0 fully saturated rings. The molecule has 1 atom stereocenters. The van der Waals surface area contributed by atoms with Crippen LogP contribution in [0.25, 0.3) is 11.0 Å². The van der Waals surface area contributed by atoms with Crippen LogP contribution in [-0.4, -0.2) is 24.2 Å². The van der Waals surface area contributed by atoms with Gasteiger partial charge in [-0.15, -0.1) is 0 Å². The van der Waals surface area contributed by atoms with Gasteiger partial charge in [0.1, 0.15) is 5.76 Å². The zero-order valence-electron chi connectivity index (χ0n) is 12.7. The summed E-state index contributed by atoms with van der Waals surface area (Å²) in [5, 5.41) is 4.19. The number of anilines is 1. The van der Waals surface area contributed by atoms with Gasteiger partial charge in [-0.25, -0.2) is 4.98 Å². The molecule has 0 spiro atoms. The number of methoxy groups -OCH3 is 2. The first-order valence-electron chi connectivity index (χ1n) is 6.91. The van der Waals surface area contributed by atoms with Crippen LogP contribution in [0, 0.1) is 0 Å². The Balaban J connectivity index is 1.87. The van der Waals surface area contributed by atoms with Gasteiger partial charge < -0.3 is 19.2 Å². The molecule has 0 aliphatic heterocycles. The molecule has 0 bridgehead atoms. The summed E-state index contributed by atoms with van der Waals surface area (Å²) >= 11 is 0. The number of para-hydroxylation sites is 1. The predicted molar refractivity (Wildman–Crippen MR) is 83.4 cm³/mol. The molecule has 0 amide bonds. The predicted octanol–water partition coefficient (Wildman–Crippen LogP) is 3.41. The van der Waals surface area contributed by atoms with Gasteiger partial charge in [0, 0.05) is 17.6 Å². The summed E-state index contributed by atoms with van der Waals surface area (Å²) in [7, 11) is 3.20. The molecule has 3 rings (SSSR count). The van der Waals surface area contributed by atoms with E-state index in [0.717, 1.165) is 16.7 Å². The summed E-state index contributed by atoms with van der Waals surface area (Å²) in [6, 6.07) is 9.38. The van der Waals surface area contributed by atoms with Crippen LogP contribution >= 0.6 is 0 Å². The number of furan rings is 1. The highest BCUT2D eigenvalue weighted by Gasteiger charge is 2.15. The van der Waals surface area contributed by atoms with E-state index in [9.17, 15) is 0 Å². The third-order valence-electron chi connectivity index (χ3n) is 3.36. The molecule has 1 aromatic carbocycles. The smallest absolute Gasteiger partial charge is 0.226 e. The van der Waals surface area contributed by atoms with Crippen molar-refractivity contribution >= 4 is 16.9 Å². The lowest BCUT2D eigenvalue weighted by molar-refractivity contribution is 0.397. The molecule has 1 N–H and O–H groups in total. The molecule has 0 aliphatic rings. The fourth-order valence-electron chi connectivity index (χ4n) is 2.22. The zero-order valence-corrected chi connectivity index (χ0v) is 12.7. The molecule has 2 heterocycles. The van der Waals surface area contributed by atoms with Gasteiger partial charge >= 0.3 is 0 Å². The second-order valence-electron chi connectivity index (χ2n) is 4.82. The van der Waals surface area contributed by atoms with Crippen molar-refractivity contribution in [2.45, 2.75) is 13.0 Å². The first-order chi connectivity index (χ1) is 10.7. The molecule has 0 radical (unpaired) electrons. The average Bonchev–Trinajstić information content (AvgIpc) is 2.99. The normalized spacial score (nSPS) is 12.1. The lowest BCUT2D eigenvalue weighted by atomic mass is 10.2. The van der Waals surface area contributed by atoms with E-state index in [4.69, 9.17) is 13.9 Å². The second kappa shape index (κ2) is 5.93. The van der Waals surface area contributed by atoms with Gasteiger partial charge in [-0.05, 0) is 19.1 Å². The van der Waals surface area contributed by atoms with Gasteiger partial charge in [0.2, 0.25) is 11.8 Å². The zero-order chi connectivity index (χ0) is 15.5. The Bertz CT molecular complexity index is 785. The molecule has 6 nitrogen and oxygen atoms in total. The van der Waals surface area contributed by atoms with Crippen LogP contribution in [0.5, 0.6) is 11.6 Å². The molecule has 22 heavy (non-hydrogen) atoms. The van der Waals surface area contributed by atoms with E-state index in [0.29, 0.717) is 17.6 Å². The number of hydrogen-bond acceptors (Lipinski definition) is 6. The van der Waals surface area contributed by atoms with Crippen molar-refractivity contribution in [1.29, 1.82) is 0 Å². The lowest BCUT2D eigenvalue weighted by Gasteiger charge is -2.11. The standard InChI is InChI=1S/C16H17N3O3/c1-10(18-16-17-8-7-14(19-16)21-3)13-9-11-5-4-6-12(20-2)15(11)22-13/h4-10H,1-3H3,(H,17,18,19)/t10-/m1/s1. The maximum absolute atomic E-state index is 5.91. The number of rotatable bonds is 5. The number of benzene rings is 1. The van der Waals surface area contributed by atoms with Crippen LogP contribution in [-0.2, 0) is 0 Å². The summed E-state index contributed by atoms with van der Waals surface area (Å²) < 4.78 is 16.3. The van der Waals surface area contributed by atoms with Crippen LogP contribution in [0.3, 0.4) is 0 Å². The summed E-state index contributed by atoms with van der Waals surface area (Å²) in [4.78, 5) is 8.41. The average molecular weight is 299 g/mol. The molecule has 0 saturated carbocycles. The van der Waals surface area contributed by atoms with E-state index in [1.807, 2.05) is 31.2 Å². The maximum Gasteiger partial charge on any atom is 0.226 e. The minimum atomic E-state index is -0.0933. The Labute approximate surface area is 128 Å². The van der Waals surface area contributed by atoms with Gasteiger partial charge in [-0.2, -0.15) is 4.98 Å². The molecule has 114 valence electrons. The summed E-state index contributed by atoms with van der Waals surface area (Å²) in [5.74, 6) is 2.50. The van der Waals surface area contributed by atoms with E-state index >= 15 is 0 Å². The Morgan fingerprint density at radius 2 is 2.05 bits per heavy atom. The Hall–Kier alpha value is -2.76. The van der Waals surface area contributed by atoms with Crippen LogP contribution in [0.2, 0.25) is 0 Å². The molecule has 0 saturated heterocycles. The molecule has 6 heteroatoms. The molecule has 3 aromatic rings. The Kier molecular flexibility index (Phi) is 3.82. The van der Waals surface area contributed by atoms with Gasteiger partial charge in [-0.3, -0.25) is 0 Å². The van der Waals surface area contributed by atoms with E-state index < -0.39 is 0 Å². The molecule has 0 aliphatic carbocycles. The van der Waals surface area contributed by atoms with E-state index in [1.165, 1.54) is 0 Å². The molecular weight excluding hydrogens is 282 g/mol. The SMILES string of the molecule is COc1ccnc(N[C@H](C)c2cc3cccc(OC)c3o2)n1. The van der Waals surface area contributed by atoms with Crippen molar-refractivity contribution in [1.82, 2.24) is 9.97 Å². The number of nitrogens with one attached hydrogen (secondary N) is 1. The van der Waals surface area contributed by atoms with Crippen molar-refractivity contribution in [3.05, 3.63) is 42.3 Å². The van der Waals surface area contributed by atoms with Gasteiger partial charge in [0.05, 0.1) is 20.3 Å². The molecule has 0 unspecified atom stereocenters. The van der Waals surface area contributed by atoms with Crippen molar-refractivity contribution in [3.63, 3.8) is 0 Å². The number of ether oxygens (including phenoxy) is 2. The number of fused-ring (bicyclic) bond motifs is 1. The minimum absolute atomic E-state index is 0.0933. The monoisotopic (exact) mass is 299 g/mol. The van der Waals surface area contributed by atoms with E-state index in [2.05, 4.69) is 15.3 Å². The van der Waals surface area contributed by atoms with Crippen molar-refractivity contribution in [2.24, 2.45) is 0 Å². The van der Waals surface area contributed by atoms with Crippen LogP contribution in [0.15, 0.2) is 40.9 Å². The molecule has 2 aromatic heterocycles. The van der Waals surface area contributed by atoms with E-state index in [-0.39, 0.29) is 6.04 Å². The van der Waals surface area contributed by atoms with Crippen molar-refractivity contribution in [2.75, 3.05) is 19.5 Å². The largest absolute Gasteiger partial charge is 0.493 e. The summed E-state index contributed by atoms with van der Waals surface area (Å²) in [5.41, 5.74) is 0.736. The van der Waals surface area contributed by atoms with Gasteiger partial charge in [0.25, 0.3) is 0 Å². The van der Waals surface area contributed by atoms with Crippen molar-refractivity contribution < 1.29 is 13.9 Å². The highest BCUT2D eigenvalue weighted by atomic mass is 16.5. The number of hydrogen-bond donors (Lipinski definition) is 1. The minimum Gasteiger partial charge on any atom is -0.493 e. The van der Waals surface area contributed by atoms with Gasteiger partial charge in [-0.1, -0.05) is 12.1 Å². The summed E-state index contributed by atoms with van der Waals surface area (Å²) in [6.45, 7) is 1.98.